The molecular weight excluding hydrogens is 174 g/mol. The predicted molar refractivity (Wildman–Crippen MR) is 59.3 cm³/mol. The first kappa shape index (κ1) is 10.4. The molecule has 0 aromatic carbocycles. The first-order valence-electron chi connectivity index (χ1n) is 5.92. The minimum absolute atomic E-state index is 0.864. The second-order valence-electron chi connectivity index (χ2n) is 4.96. The normalized spacial score (nSPS) is 30.9. The molecule has 2 fully saturated rings. The quantitative estimate of drug-likeness (QED) is 0.706. The van der Waals surface area contributed by atoms with Crippen molar-refractivity contribution in [3.8, 4) is 0 Å². The van der Waals surface area contributed by atoms with Crippen LogP contribution in [0, 0.1) is 5.92 Å². The van der Waals surface area contributed by atoms with E-state index in [9.17, 15) is 0 Å². The first-order chi connectivity index (χ1) is 6.79. The number of likely N-dealkylation sites (tertiary alicyclic amines) is 2. The molecule has 1 atom stereocenters. The highest BCUT2D eigenvalue weighted by molar-refractivity contribution is 4.90. The first-order valence-corrected chi connectivity index (χ1v) is 5.92. The summed E-state index contributed by atoms with van der Waals surface area (Å²) in [6.07, 6.45) is 3.96. The van der Waals surface area contributed by atoms with Crippen molar-refractivity contribution in [3.63, 3.8) is 0 Å². The Morgan fingerprint density at radius 3 is 2.71 bits per heavy atom. The minimum atomic E-state index is 0.864. The van der Waals surface area contributed by atoms with Crippen molar-refractivity contribution in [2.75, 3.05) is 39.8 Å². The van der Waals surface area contributed by atoms with E-state index in [0.29, 0.717) is 0 Å². The van der Waals surface area contributed by atoms with Crippen LogP contribution < -0.4 is 5.73 Å². The van der Waals surface area contributed by atoms with E-state index >= 15 is 0 Å². The molecule has 0 aromatic rings. The van der Waals surface area contributed by atoms with Crippen LogP contribution in [0.2, 0.25) is 0 Å². The summed E-state index contributed by atoms with van der Waals surface area (Å²) in [7, 11) is 2.21. The maximum absolute atomic E-state index is 5.54. The van der Waals surface area contributed by atoms with Gasteiger partial charge in [0.2, 0.25) is 0 Å². The van der Waals surface area contributed by atoms with Gasteiger partial charge in [-0.25, -0.2) is 0 Å². The molecule has 2 aliphatic rings. The van der Waals surface area contributed by atoms with Crippen LogP contribution >= 0.6 is 0 Å². The Morgan fingerprint density at radius 1 is 1.29 bits per heavy atom. The zero-order valence-corrected chi connectivity index (χ0v) is 9.28. The van der Waals surface area contributed by atoms with E-state index in [4.69, 9.17) is 5.73 Å². The molecule has 0 spiro atoms. The van der Waals surface area contributed by atoms with E-state index in [1.54, 1.807) is 0 Å². The van der Waals surface area contributed by atoms with Gasteiger partial charge in [0, 0.05) is 25.7 Å². The summed E-state index contributed by atoms with van der Waals surface area (Å²) >= 11 is 0. The Kier molecular flexibility index (Phi) is 3.42. The van der Waals surface area contributed by atoms with Gasteiger partial charge in [0.05, 0.1) is 0 Å². The summed E-state index contributed by atoms with van der Waals surface area (Å²) in [4.78, 5) is 5.08. The van der Waals surface area contributed by atoms with E-state index < -0.39 is 0 Å². The Labute approximate surface area is 87.2 Å². The van der Waals surface area contributed by atoms with Gasteiger partial charge in [0.1, 0.15) is 0 Å². The van der Waals surface area contributed by atoms with Gasteiger partial charge < -0.3 is 10.6 Å². The lowest BCUT2D eigenvalue weighted by Crippen LogP contribution is -2.57. The highest BCUT2D eigenvalue weighted by atomic mass is 15.3. The van der Waals surface area contributed by atoms with Gasteiger partial charge in [-0.05, 0) is 45.3 Å². The molecule has 2 N–H and O–H groups in total. The van der Waals surface area contributed by atoms with Gasteiger partial charge in [0.25, 0.3) is 0 Å². The summed E-state index contributed by atoms with van der Waals surface area (Å²) in [5.74, 6) is 0.935. The average molecular weight is 197 g/mol. The molecule has 2 saturated heterocycles. The van der Waals surface area contributed by atoms with Crippen molar-refractivity contribution < 1.29 is 0 Å². The molecule has 0 aliphatic carbocycles. The van der Waals surface area contributed by atoms with E-state index in [1.165, 1.54) is 45.4 Å². The molecule has 0 saturated carbocycles. The third-order valence-electron chi connectivity index (χ3n) is 3.70. The Hall–Kier alpha value is -0.120. The summed E-state index contributed by atoms with van der Waals surface area (Å²) in [6.45, 7) is 6.09. The molecule has 3 heteroatoms. The summed E-state index contributed by atoms with van der Waals surface area (Å²) in [6, 6.07) is 0.864. The van der Waals surface area contributed by atoms with Crippen LogP contribution in [0.5, 0.6) is 0 Å². The van der Waals surface area contributed by atoms with Gasteiger partial charge in [-0.15, -0.1) is 0 Å². The fraction of sp³-hybridized carbons (Fsp3) is 1.00. The fourth-order valence-electron chi connectivity index (χ4n) is 2.73. The Morgan fingerprint density at radius 2 is 2.07 bits per heavy atom. The van der Waals surface area contributed by atoms with Crippen molar-refractivity contribution >= 4 is 0 Å². The molecule has 14 heavy (non-hydrogen) atoms. The SMILES string of the molecule is CN1CC(N2CCC(CCCN)C2)C1. The molecule has 0 amide bonds. The monoisotopic (exact) mass is 197 g/mol. The van der Waals surface area contributed by atoms with Crippen LogP contribution in [0.3, 0.4) is 0 Å². The molecule has 1 unspecified atom stereocenters. The lowest BCUT2D eigenvalue weighted by Gasteiger charge is -2.42. The number of rotatable bonds is 4. The van der Waals surface area contributed by atoms with Gasteiger partial charge in [-0.3, -0.25) is 4.90 Å². The summed E-state index contributed by atoms with van der Waals surface area (Å²) < 4.78 is 0. The molecule has 0 bridgehead atoms. The molecule has 0 aromatic heterocycles. The number of hydrogen-bond donors (Lipinski definition) is 1. The number of likely N-dealkylation sites (N-methyl/N-ethyl adjacent to an activating group) is 1. The third kappa shape index (κ3) is 2.27. The van der Waals surface area contributed by atoms with Crippen LogP contribution in [0.1, 0.15) is 19.3 Å². The number of nitrogens with two attached hydrogens (primary N) is 1. The van der Waals surface area contributed by atoms with Gasteiger partial charge in [-0.2, -0.15) is 0 Å². The number of nitrogens with zero attached hydrogens (tertiary/aromatic N) is 2. The maximum atomic E-state index is 5.54. The van der Waals surface area contributed by atoms with Crippen molar-refractivity contribution in [1.29, 1.82) is 0 Å². The van der Waals surface area contributed by atoms with Crippen LogP contribution in [0.4, 0.5) is 0 Å². The molecular formula is C11H23N3. The summed E-state index contributed by atoms with van der Waals surface area (Å²) in [5.41, 5.74) is 5.54. The van der Waals surface area contributed by atoms with E-state index in [2.05, 4.69) is 16.8 Å². The minimum Gasteiger partial charge on any atom is -0.330 e. The maximum Gasteiger partial charge on any atom is 0.0350 e. The Bertz CT molecular complexity index is 177. The number of hydrogen-bond acceptors (Lipinski definition) is 3. The molecule has 2 aliphatic heterocycles. The molecule has 2 rings (SSSR count). The van der Waals surface area contributed by atoms with Crippen LogP contribution in [0.25, 0.3) is 0 Å². The predicted octanol–water partition coefficient (Wildman–Crippen LogP) is 0.361. The average Bonchev–Trinajstić information content (AvgIpc) is 2.58. The summed E-state index contributed by atoms with van der Waals surface area (Å²) in [5, 5.41) is 0. The Balaban J connectivity index is 1.67. The van der Waals surface area contributed by atoms with E-state index in [-0.39, 0.29) is 0 Å². The topological polar surface area (TPSA) is 32.5 Å². The van der Waals surface area contributed by atoms with Gasteiger partial charge in [0.15, 0.2) is 0 Å². The molecule has 82 valence electrons. The van der Waals surface area contributed by atoms with Crippen molar-refractivity contribution in [2.45, 2.75) is 25.3 Å². The van der Waals surface area contributed by atoms with Gasteiger partial charge >= 0.3 is 0 Å². The largest absolute Gasteiger partial charge is 0.330 e. The smallest absolute Gasteiger partial charge is 0.0350 e. The van der Waals surface area contributed by atoms with Crippen LogP contribution in [0.15, 0.2) is 0 Å². The molecule has 3 nitrogen and oxygen atoms in total. The molecule has 2 heterocycles. The third-order valence-corrected chi connectivity index (χ3v) is 3.70. The standard InChI is InChI=1S/C11H23N3/c1-13-8-11(9-13)14-6-4-10(7-14)3-2-5-12/h10-11H,2-9,12H2,1H3. The second-order valence-corrected chi connectivity index (χ2v) is 4.96. The lowest BCUT2D eigenvalue weighted by atomic mass is 10.0. The van der Waals surface area contributed by atoms with Crippen molar-refractivity contribution in [2.24, 2.45) is 11.7 Å². The van der Waals surface area contributed by atoms with Gasteiger partial charge in [-0.1, -0.05) is 0 Å². The van der Waals surface area contributed by atoms with Crippen LogP contribution in [-0.2, 0) is 0 Å². The van der Waals surface area contributed by atoms with E-state index in [1.807, 2.05) is 0 Å². The highest BCUT2D eigenvalue weighted by Crippen LogP contribution is 2.25. The zero-order chi connectivity index (χ0) is 9.97. The fourth-order valence-corrected chi connectivity index (χ4v) is 2.73. The van der Waals surface area contributed by atoms with E-state index in [0.717, 1.165) is 18.5 Å². The van der Waals surface area contributed by atoms with Crippen molar-refractivity contribution in [3.05, 3.63) is 0 Å². The molecule has 0 radical (unpaired) electrons. The van der Waals surface area contributed by atoms with Crippen molar-refractivity contribution in [1.82, 2.24) is 9.80 Å². The second kappa shape index (κ2) is 4.60. The van der Waals surface area contributed by atoms with Crippen LogP contribution in [-0.4, -0.2) is 55.6 Å². The lowest BCUT2D eigenvalue weighted by molar-refractivity contribution is 0.0664. The zero-order valence-electron chi connectivity index (χ0n) is 9.28. The highest BCUT2D eigenvalue weighted by Gasteiger charge is 2.33.